The smallest absolute Gasteiger partial charge is 0.413 e. The fourth-order valence-corrected chi connectivity index (χ4v) is 0.521. The standard InChI is InChI=1S/C6H4ClO.K/c7-8-6-4-2-1-3-5-6;/h1-4H;/q-1;+1. The second-order valence-corrected chi connectivity index (χ2v) is 1.46. The van der Waals surface area contributed by atoms with Gasteiger partial charge in [0.15, 0.2) is 0 Å². The van der Waals surface area contributed by atoms with E-state index in [1.165, 1.54) is 0 Å². The van der Waals surface area contributed by atoms with Crippen LogP contribution in [0.4, 0.5) is 0 Å². The molecule has 3 heteroatoms. The zero-order valence-electron chi connectivity index (χ0n) is 5.10. The summed E-state index contributed by atoms with van der Waals surface area (Å²) < 4.78 is 4.33. The summed E-state index contributed by atoms with van der Waals surface area (Å²) >= 11 is 5.00. The van der Waals surface area contributed by atoms with Crippen molar-refractivity contribution in [2.24, 2.45) is 0 Å². The average Bonchev–Trinajstić information content (AvgIpc) is 1.90. The van der Waals surface area contributed by atoms with Gasteiger partial charge in [0.1, 0.15) is 11.9 Å². The zero-order chi connectivity index (χ0) is 5.82. The Labute approximate surface area is 102 Å². The molecule has 0 aromatic heterocycles. The fraction of sp³-hybridized carbons (Fsp3) is 0. The Morgan fingerprint density at radius 2 is 2.22 bits per heavy atom. The number of rotatable bonds is 1. The van der Waals surface area contributed by atoms with Gasteiger partial charge in [0.05, 0.1) is 0 Å². The fourth-order valence-electron chi connectivity index (χ4n) is 0.425. The van der Waals surface area contributed by atoms with E-state index in [9.17, 15) is 0 Å². The van der Waals surface area contributed by atoms with E-state index in [2.05, 4.69) is 10.4 Å². The number of halogens is 1. The Kier molecular flexibility index (Phi) is 6.31. The Morgan fingerprint density at radius 3 is 2.56 bits per heavy atom. The van der Waals surface area contributed by atoms with Crippen LogP contribution >= 0.6 is 11.9 Å². The summed E-state index contributed by atoms with van der Waals surface area (Å²) in [7, 11) is 0. The maximum Gasteiger partial charge on any atom is 1.00 e. The molecule has 0 fully saturated rings. The first-order valence-corrected chi connectivity index (χ1v) is 2.49. The zero-order valence-corrected chi connectivity index (χ0v) is 8.97. The molecule has 0 aliphatic heterocycles. The Balaban J connectivity index is 0.000000640. The number of benzene rings is 1. The van der Waals surface area contributed by atoms with Crippen molar-refractivity contribution in [2.45, 2.75) is 0 Å². The van der Waals surface area contributed by atoms with Crippen molar-refractivity contribution >= 4 is 11.9 Å². The summed E-state index contributed by atoms with van der Waals surface area (Å²) in [5, 5.41) is 0. The molecule has 1 aromatic carbocycles. The summed E-state index contributed by atoms with van der Waals surface area (Å²) in [4.78, 5) is 0. The van der Waals surface area contributed by atoms with E-state index in [4.69, 9.17) is 11.9 Å². The van der Waals surface area contributed by atoms with Crippen molar-refractivity contribution in [1.82, 2.24) is 0 Å². The summed E-state index contributed by atoms with van der Waals surface area (Å²) in [5.74, 6) is 0.550. The molecule has 0 radical (unpaired) electrons. The van der Waals surface area contributed by atoms with Crippen LogP contribution in [-0.2, 0) is 0 Å². The minimum Gasteiger partial charge on any atom is -0.413 e. The number of para-hydroxylation sites is 1. The average molecular weight is 167 g/mol. The van der Waals surface area contributed by atoms with Gasteiger partial charge in [-0.15, -0.1) is 12.1 Å². The topological polar surface area (TPSA) is 9.23 Å². The number of hydrogen-bond acceptors (Lipinski definition) is 1. The maximum atomic E-state index is 5.00. The third kappa shape index (κ3) is 3.60. The summed E-state index contributed by atoms with van der Waals surface area (Å²) in [5.41, 5.74) is 0. The van der Waals surface area contributed by atoms with Crippen LogP contribution in [0.1, 0.15) is 0 Å². The van der Waals surface area contributed by atoms with Crippen molar-refractivity contribution in [3.63, 3.8) is 0 Å². The van der Waals surface area contributed by atoms with Gasteiger partial charge in [0, 0.05) is 5.75 Å². The minimum absolute atomic E-state index is 0. The van der Waals surface area contributed by atoms with Gasteiger partial charge in [-0.05, 0) is 0 Å². The van der Waals surface area contributed by atoms with Gasteiger partial charge >= 0.3 is 51.4 Å². The van der Waals surface area contributed by atoms with E-state index >= 15 is 0 Å². The van der Waals surface area contributed by atoms with Gasteiger partial charge in [-0.25, -0.2) is 0 Å². The molecule has 1 nitrogen and oxygen atoms in total. The van der Waals surface area contributed by atoms with Crippen molar-refractivity contribution in [3.8, 4) is 5.75 Å². The van der Waals surface area contributed by atoms with Crippen LogP contribution in [-0.4, -0.2) is 0 Å². The second kappa shape index (κ2) is 5.71. The third-order valence-electron chi connectivity index (χ3n) is 0.764. The van der Waals surface area contributed by atoms with Gasteiger partial charge in [0.2, 0.25) is 0 Å². The largest absolute Gasteiger partial charge is 1.00 e. The van der Waals surface area contributed by atoms with Gasteiger partial charge in [0.25, 0.3) is 0 Å². The molecule has 0 bridgehead atoms. The van der Waals surface area contributed by atoms with Crippen LogP contribution in [0, 0.1) is 6.07 Å². The van der Waals surface area contributed by atoms with E-state index in [1.807, 2.05) is 12.1 Å². The summed E-state index contributed by atoms with van der Waals surface area (Å²) in [6.07, 6.45) is 0. The Hall–Kier alpha value is 0.946. The SMILES string of the molecule is ClOc1[c-]cccc1.[K+]. The predicted octanol–water partition coefficient (Wildman–Crippen LogP) is -0.977. The quantitative estimate of drug-likeness (QED) is 0.385. The van der Waals surface area contributed by atoms with E-state index in [0.717, 1.165) is 0 Å². The molecular weight excluding hydrogens is 163 g/mol. The van der Waals surface area contributed by atoms with Gasteiger partial charge in [-0.1, -0.05) is 0 Å². The molecule has 0 atom stereocenters. The monoisotopic (exact) mass is 166 g/mol. The molecule has 1 rings (SSSR count). The van der Waals surface area contributed by atoms with Gasteiger partial charge in [-0.2, -0.15) is 18.2 Å². The van der Waals surface area contributed by atoms with Crippen LogP contribution < -0.4 is 55.7 Å². The van der Waals surface area contributed by atoms with Gasteiger partial charge < -0.3 is 4.29 Å². The van der Waals surface area contributed by atoms with Crippen LogP contribution in [0.3, 0.4) is 0 Å². The first-order chi connectivity index (χ1) is 3.93. The van der Waals surface area contributed by atoms with Crippen molar-refractivity contribution in [2.75, 3.05) is 0 Å². The van der Waals surface area contributed by atoms with Crippen molar-refractivity contribution in [3.05, 3.63) is 30.3 Å². The van der Waals surface area contributed by atoms with E-state index in [1.54, 1.807) is 12.1 Å². The number of hydrogen-bond donors (Lipinski definition) is 0. The molecule has 0 N–H and O–H groups in total. The summed E-state index contributed by atoms with van der Waals surface area (Å²) in [6.45, 7) is 0. The molecule has 0 heterocycles. The maximum absolute atomic E-state index is 5.00. The van der Waals surface area contributed by atoms with E-state index in [-0.39, 0.29) is 51.4 Å². The van der Waals surface area contributed by atoms with Crippen LogP contribution in [0.2, 0.25) is 0 Å². The molecule has 42 valence electrons. The molecule has 0 amide bonds. The van der Waals surface area contributed by atoms with E-state index < -0.39 is 0 Å². The molecule has 0 aliphatic rings. The molecule has 0 unspecified atom stereocenters. The minimum atomic E-state index is 0. The molecule has 1 aromatic rings. The van der Waals surface area contributed by atoms with Crippen LogP contribution in [0.5, 0.6) is 5.75 Å². The van der Waals surface area contributed by atoms with Gasteiger partial charge in [-0.3, -0.25) is 0 Å². The van der Waals surface area contributed by atoms with Crippen LogP contribution in [0.15, 0.2) is 24.3 Å². The van der Waals surface area contributed by atoms with Crippen molar-refractivity contribution in [1.29, 1.82) is 0 Å². The molecule has 9 heavy (non-hydrogen) atoms. The summed E-state index contributed by atoms with van der Waals surface area (Å²) in [6, 6.07) is 9.90. The molecule has 0 saturated carbocycles. The second-order valence-electron chi connectivity index (χ2n) is 1.30. The molecule has 0 saturated heterocycles. The predicted molar refractivity (Wildman–Crippen MR) is 31.8 cm³/mol. The first kappa shape index (κ1) is 9.95. The Morgan fingerprint density at radius 1 is 1.44 bits per heavy atom. The van der Waals surface area contributed by atoms with E-state index in [0.29, 0.717) is 5.75 Å². The molecule has 0 spiro atoms. The third-order valence-corrected chi connectivity index (χ3v) is 0.930. The normalized spacial score (nSPS) is 7.67. The van der Waals surface area contributed by atoms with Crippen molar-refractivity contribution < 1.29 is 55.7 Å². The van der Waals surface area contributed by atoms with Crippen LogP contribution in [0.25, 0.3) is 0 Å². The Bertz CT molecular complexity index is 154. The molecule has 0 aliphatic carbocycles. The molecular formula is C6H4ClKO. The first-order valence-electron chi connectivity index (χ1n) is 2.19.